The summed E-state index contributed by atoms with van der Waals surface area (Å²) in [5.41, 5.74) is 0. The van der Waals surface area contributed by atoms with Gasteiger partial charge in [-0.2, -0.15) is 0 Å². The predicted octanol–water partition coefficient (Wildman–Crippen LogP) is 1.73. The van der Waals surface area contributed by atoms with E-state index in [1.54, 1.807) is 7.11 Å². The summed E-state index contributed by atoms with van der Waals surface area (Å²) in [7, 11) is 3.80. The molecule has 4 nitrogen and oxygen atoms in total. The number of nitrogens with one attached hydrogen (secondary N) is 1. The fourth-order valence-corrected chi connectivity index (χ4v) is 3.10. The van der Waals surface area contributed by atoms with Gasteiger partial charge >= 0.3 is 0 Å². The van der Waals surface area contributed by atoms with Crippen molar-refractivity contribution in [1.29, 1.82) is 0 Å². The van der Waals surface area contributed by atoms with Gasteiger partial charge in [0, 0.05) is 19.8 Å². The Morgan fingerprint density at radius 1 is 1.17 bits per heavy atom. The first kappa shape index (κ1) is 14.3. The lowest BCUT2D eigenvalue weighted by Gasteiger charge is -2.45. The van der Waals surface area contributed by atoms with Crippen LogP contribution in [0.3, 0.4) is 0 Å². The monoisotopic (exact) mass is 257 g/mol. The zero-order chi connectivity index (χ0) is 13.0. The highest BCUT2D eigenvalue weighted by Crippen LogP contribution is 2.32. The summed E-state index contributed by atoms with van der Waals surface area (Å²) in [5, 5.41) is 3.29. The number of hydrogen-bond acceptors (Lipinski definition) is 4. The summed E-state index contributed by atoms with van der Waals surface area (Å²) in [4.78, 5) is 0. The molecule has 18 heavy (non-hydrogen) atoms. The maximum absolute atomic E-state index is 6.21. The average Bonchev–Trinajstić information content (AvgIpc) is 2.40. The van der Waals surface area contributed by atoms with E-state index in [-0.39, 0.29) is 12.2 Å². The number of likely N-dealkylation sites (N-methyl/N-ethyl adjacent to an activating group) is 1. The van der Waals surface area contributed by atoms with Crippen molar-refractivity contribution in [2.75, 3.05) is 20.8 Å². The van der Waals surface area contributed by atoms with Gasteiger partial charge in [0.25, 0.3) is 0 Å². The standard InChI is InChI=1S/C14H27NO3/c1-4-17-14-12(15-2)9-13(14)18-11-7-5-6-10(8-11)16-3/h10-15H,4-9H2,1-3H3. The largest absolute Gasteiger partial charge is 0.381 e. The van der Waals surface area contributed by atoms with Crippen LogP contribution in [0, 0.1) is 0 Å². The van der Waals surface area contributed by atoms with E-state index in [1.165, 1.54) is 19.3 Å². The zero-order valence-electron chi connectivity index (χ0n) is 11.9. The molecule has 5 atom stereocenters. The van der Waals surface area contributed by atoms with Crippen molar-refractivity contribution >= 4 is 0 Å². The molecule has 0 aromatic heterocycles. The Hall–Kier alpha value is -0.160. The fourth-order valence-electron chi connectivity index (χ4n) is 3.10. The molecule has 2 saturated carbocycles. The lowest BCUT2D eigenvalue weighted by Crippen LogP contribution is -2.60. The van der Waals surface area contributed by atoms with Crippen LogP contribution in [0.2, 0.25) is 0 Å². The molecule has 0 spiro atoms. The molecule has 106 valence electrons. The van der Waals surface area contributed by atoms with E-state index in [0.717, 1.165) is 19.4 Å². The number of methoxy groups -OCH3 is 1. The minimum atomic E-state index is 0.225. The van der Waals surface area contributed by atoms with Crippen molar-refractivity contribution in [2.45, 2.75) is 69.5 Å². The Bertz CT molecular complexity index is 249. The van der Waals surface area contributed by atoms with Gasteiger partial charge < -0.3 is 19.5 Å². The highest BCUT2D eigenvalue weighted by atomic mass is 16.6. The van der Waals surface area contributed by atoms with E-state index >= 15 is 0 Å². The summed E-state index contributed by atoms with van der Waals surface area (Å²) in [6.45, 7) is 2.80. The summed E-state index contributed by atoms with van der Waals surface area (Å²) in [6, 6.07) is 0.455. The summed E-state index contributed by atoms with van der Waals surface area (Å²) >= 11 is 0. The van der Waals surface area contributed by atoms with Crippen molar-refractivity contribution in [2.24, 2.45) is 0 Å². The Labute approximate surface area is 110 Å². The fraction of sp³-hybridized carbons (Fsp3) is 1.00. The first-order chi connectivity index (χ1) is 8.78. The molecule has 1 N–H and O–H groups in total. The van der Waals surface area contributed by atoms with Gasteiger partial charge in [-0.15, -0.1) is 0 Å². The second kappa shape index (κ2) is 6.85. The van der Waals surface area contributed by atoms with E-state index in [9.17, 15) is 0 Å². The van der Waals surface area contributed by atoms with E-state index < -0.39 is 0 Å². The molecule has 0 saturated heterocycles. The van der Waals surface area contributed by atoms with Crippen molar-refractivity contribution in [3.05, 3.63) is 0 Å². The molecular formula is C14H27NO3. The van der Waals surface area contributed by atoms with Crippen LogP contribution in [-0.2, 0) is 14.2 Å². The van der Waals surface area contributed by atoms with Gasteiger partial charge in [-0.25, -0.2) is 0 Å². The lowest BCUT2D eigenvalue weighted by atomic mass is 9.84. The molecular weight excluding hydrogens is 230 g/mol. The Morgan fingerprint density at radius 3 is 2.61 bits per heavy atom. The first-order valence-corrected chi connectivity index (χ1v) is 7.25. The molecule has 4 heteroatoms. The SMILES string of the molecule is CCOC1C(NC)CC1OC1CCCC(OC)C1. The maximum Gasteiger partial charge on any atom is 0.0990 e. The quantitative estimate of drug-likeness (QED) is 0.786. The van der Waals surface area contributed by atoms with E-state index in [1.807, 2.05) is 14.0 Å². The van der Waals surface area contributed by atoms with E-state index in [0.29, 0.717) is 18.2 Å². The predicted molar refractivity (Wildman–Crippen MR) is 70.8 cm³/mol. The number of rotatable bonds is 6. The second-order valence-corrected chi connectivity index (χ2v) is 5.37. The average molecular weight is 257 g/mol. The van der Waals surface area contributed by atoms with Crippen LogP contribution in [0.15, 0.2) is 0 Å². The number of ether oxygens (including phenoxy) is 3. The van der Waals surface area contributed by atoms with Gasteiger partial charge in [-0.05, 0) is 46.1 Å². The van der Waals surface area contributed by atoms with Crippen molar-refractivity contribution in [1.82, 2.24) is 5.32 Å². The molecule has 0 amide bonds. The summed E-state index contributed by atoms with van der Waals surface area (Å²) < 4.78 is 17.4. The molecule has 2 aliphatic carbocycles. The molecule has 0 heterocycles. The third-order valence-corrected chi connectivity index (χ3v) is 4.26. The molecule has 2 rings (SSSR count). The zero-order valence-corrected chi connectivity index (χ0v) is 11.9. The summed E-state index contributed by atoms with van der Waals surface area (Å²) in [5.74, 6) is 0. The molecule has 0 aromatic carbocycles. The first-order valence-electron chi connectivity index (χ1n) is 7.25. The topological polar surface area (TPSA) is 39.7 Å². The van der Waals surface area contributed by atoms with Crippen LogP contribution < -0.4 is 5.32 Å². The second-order valence-electron chi connectivity index (χ2n) is 5.37. The van der Waals surface area contributed by atoms with Gasteiger partial charge in [0.15, 0.2) is 0 Å². The minimum absolute atomic E-state index is 0.225. The Kier molecular flexibility index (Phi) is 5.42. The van der Waals surface area contributed by atoms with Crippen LogP contribution in [0.1, 0.15) is 39.0 Å². The molecule has 2 fully saturated rings. The minimum Gasteiger partial charge on any atom is -0.381 e. The van der Waals surface area contributed by atoms with Gasteiger partial charge in [0.05, 0.1) is 24.4 Å². The Balaban J connectivity index is 1.78. The molecule has 0 bridgehead atoms. The third kappa shape index (κ3) is 3.23. The van der Waals surface area contributed by atoms with E-state index in [2.05, 4.69) is 5.32 Å². The smallest absolute Gasteiger partial charge is 0.0990 e. The normalized spacial score (nSPS) is 40.5. The van der Waals surface area contributed by atoms with Gasteiger partial charge in [-0.3, -0.25) is 0 Å². The summed E-state index contributed by atoms with van der Waals surface area (Å²) in [6.07, 6.45) is 6.89. The maximum atomic E-state index is 6.21. The third-order valence-electron chi connectivity index (χ3n) is 4.26. The van der Waals surface area contributed by atoms with E-state index in [4.69, 9.17) is 14.2 Å². The van der Waals surface area contributed by atoms with Crippen molar-refractivity contribution in [3.8, 4) is 0 Å². The highest BCUT2D eigenvalue weighted by molar-refractivity contribution is 4.97. The van der Waals surface area contributed by atoms with Crippen LogP contribution in [0.5, 0.6) is 0 Å². The van der Waals surface area contributed by atoms with Crippen LogP contribution in [0.25, 0.3) is 0 Å². The Morgan fingerprint density at radius 2 is 1.94 bits per heavy atom. The van der Waals surface area contributed by atoms with Crippen LogP contribution in [0.4, 0.5) is 0 Å². The molecule has 0 radical (unpaired) electrons. The van der Waals surface area contributed by atoms with Crippen molar-refractivity contribution < 1.29 is 14.2 Å². The van der Waals surface area contributed by atoms with Crippen molar-refractivity contribution in [3.63, 3.8) is 0 Å². The van der Waals surface area contributed by atoms with Gasteiger partial charge in [0.1, 0.15) is 0 Å². The lowest BCUT2D eigenvalue weighted by molar-refractivity contribution is -0.176. The molecule has 0 aromatic rings. The van der Waals surface area contributed by atoms with Crippen LogP contribution >= 0.6 is 0 Å². The molecule has 5 unspecified atom stereocenters. The van der Waals surface area contributed by atoms with Gasteiger partial charge in [0.2, 0.25) is 0 Å². The van der Waals surface area contributed by atoms with Crippen LogP contribution in [-0.4, -0.2) is 51.2 Å². The van der Waals surface area contributed by atoms with Gasteiger partial charge in [-0.1, -0.05) is 0 Å². The number of hydrogen-bond donors (Lipinski definition) is 1. The molecule has 0 aliphatic heterocycles. The highest BCUT2D eigenvalue weighted by Gasteiger charge is 2.43. The molecule has 2 aliphatic rings.